The number of anilines is 1. The van der Waals surface area contributed by atoms with Crippen molar-refractivity contribution in [2.24, 2.45) is 0 Å². The molecule has 0 aliphatic heterocycles. The van der Waals surface area contributed by atoms with Crippen LogP contribution < -0.4 is 9.62 Å². The Morgan fingerprint density at radius 3 is 2.29 bits per heavy atom. The van der Waals surface area contributed by atoms with Crippen LogP contribution in [0, 0.1) is 12.7 Å². The number of benzene rings is 2. The zero-order chi connectivity index (χ0) is 23.2. The Morgan fingerprint density at radius 2 is 1.71 bits per heavy atom. The number of likely N-dealkylation sites (N-methyl/N-ethyl adjacent to an activating group) is 1. The normalized spacial score (nSPS) is 12.2. The molecule has 0 spiro atoms. The van der Waals surface area contributed by atoms with Crippen molar-refractivity contribution in [1.82, 2.24) is 10.2 Å². The summed E-state index contributed by atoms with van der Waals surface area (Å²) in [5.41, 5.74) is 1.28. The number of amides is 2. The first-order valence-corrected chi connectivity index (χ1v) is 11.7. The van der Waals surface area contributed by atoms with E-state index < -0.39 is 40.2 Å². The molecule has 0 aliphatic carbocycles. The number of nitrogens with one attached hydrogen (secondary N) is 1. The van der Waals surface area contributed by atoms with E-state index in [0.29, 0.717) is 17.8 Å². The molecule has 0 fully saturated rings. The molecule has 0 saturated carbocycles. The van der Waals surface area contributed by atoms with E-state index in [-0.39, 0.29) is 12.1 Å². The van der Waals surface area contributed by atoms with Gasteiger partial charge in [0.15, 0.2) is 0 Å². The van der Waals surface area contributed by atoms with Gasteiger partial charge in [-0.15, -0.1) is 0 Å². The maximum atomic E-state index is 14.3. The van der Waals surface area contributed by atoms with Crippen LogP contribution in [0.4, 0.5) is 10.1 Å². The van der Waals surface area contributed by atoms with E-state index in [2.05, 4.69) is 5.32 Å². The molecule has 2 amide bonds. The predicted octanol–water partition coefficient (Wildman–Crippen LogP) is 2.45. The van der Waals surface area contributed by atoms with Gasteiger partial charge in [0.25, 0.3) is 0 Å². The third-order valence-electron chi connectivity index (χ3n) is 4.88. The lowest BCUT2D eigenvalue weighted by Gasteiger charge is -2.31. The molecule has 1 N–H and O–H groups in total. The zero-order valence-corrected chi connectivity index (χ0v) is 18.9. The van der Waals surface area contributed by atoms with E-state index >= 15 is 0 Å². The fraction of sp³-hybridized carbons (Fsp3) is 0.364. The fourth-order valence-corrected chi connectivity index (χ4v) is 4.06. The third kappa shape index (κ3) is 6.27. The smallest absolute Gasteiger partial charge is 0.244 e. The molecule has 1 atom stereocenters. The molecular formula is C22H28FN3O4S. The van der Waals surface area contributed by atoms with Crippen LogP contribution in [0.2, 0.25) is 0 Å². The summed E-state index contributed by atoms with van der Waals surface area (Å²) in [6, 6.07) is 11.8. The topological polar surface area (TPSA) is 86.8 Å². The highest BCUT2D eigenvalue weighted by molar-refractivity contribution is 7.92. The maximum Gasteiger partial charge on any atom is 0.244 e. The molecule has 7 nitrogen and oxygen atoms in total. The Balaban J connectivity index is 2.41. The number of carbonyl (C=O) groups excluding carboxylic acids is 2. The van der Waals surface area contributed by atoms with Crippen LogP contribution in [0.5, 0.6) is 0 Å². The van der Waals surface area contributed by atoms with Crippen molar-refractivity contribution in [3.63, 3.8) is 0 Å². The molecule has 0 aromatic heterocycles. The number of carbonyl (C=O) groups is 2. The Morgan fingerprint density at radius 1 is 1.10 bits per heavy atom. The first kappa shape index (κ1) is 24.3. The minimum absolute atomic E-state index is 0.171. The average Bonchev–Trinajstić information content (AvgIpc) is 2.71. The second-order valence-corrected chi connectivity index (χ2v) is 9.15. The van der Waals surface area contributed by atoms with E-state index in [1.54, 1.807) is 44.2 Å². The molecule has 2 rings (SSSR count). The Bertz CT molecular complexity index is 1040. The summed E-state index contributed by atoms with van der Waals surface area (Å²) in [6.45, 7) is 4.70. The molecule has 0 radical (unpaired) electrons. The zero-order valence-electron chi connectivity index (χ0n) is 18.1. The highest BCUT2D eigenvalue weighted by atomic mass is 32.2. The Hall–Kier alpha value is -2.94. The average molecular weight is 450 g/mol. The summed E-state index contributed by atoms with van der Waals surface area (Å²) in [5.74, 6) is -1.54. The summed E-state index contributed by atoms with van der Waals surface area (Å²) >= 11 is 0. The maximum absolute atomic E-state index is 14.3. The largest absolute Gasteiger partial charge is 0.355 e. The van der Waals surface area contributed by atoms with Gasteiger partial charge in [0, 0.05) is 18.7 Å². The van der Waals surface area contributed by atoms with E-state index in [0.717, 1.165) is 10.6 Å². The van der Waals surface area contributed by atoms with E-state index in [9.17, 15) is 22.4 Å². The summed E-state index contributed by atoms with van der Waals surface area (Å²) in [4.78, 5) is 26.9. The SMILES string of the molecule is CCNC(=O)C(C)N(Cc1ccccc1F)C(=O)CN(c1ccccc1C)S(C)(=O)=O. The van der Waals surface area contributed by atoms with Crippen molar-refractivity contribution in [3.8, 4) is 0 Å². The van der Waals surface area contributed by atoms with E-state index in [1.807, 2.05) is 0 Å². The summed E-state index contributed by atoms with van der Waals surface area (Å²) in [5, 5.41) is 2.65. The van der Waals surface area contributed by atoms with Gasteiger partial charge >= 0.3 is 0 Å². The van der Waals surface area contributed by atoms with Gasteiger partial charge in [0.1, 0.15) is 18.4 Å². The number of rotatable bonds is 9. The molecule has 1 unspecified atom stereocenters. The molecule has 0 saturated heterocycles. The Labute approximate surface area is 182 Å². The number of para-hydroxylation sites is 1. The van der Waals surface area contributed by atoms with Crippen LogP contribution in [-0.4, -0.2) is 50.5 Å². The van der Waals surface area contributed by atoms with Crippen LogP contribution in [0.25, 0.3) is 0 Å². The minimum atomic E-state index is -3.80. The molecule has 9 heteroatoms. The van der Waals surface area contributed by atoms with Crippen LogP contribution in [0.15, 0.2) is 48.5 Å². The molecule has 168 valence electrons. The monoisotopic (exact) mass is 449 g/mol. The van der Waals surface area contributed by atoms with Gasteiger partial charge in [-0.25, -0.2) is 12.8 Å². The molecular weight excluding hydrogens is 421 g/mol. The number of halogens is 1. The Kier molecular flexibility index (Phi) is 8.15. The standard InChI is InChI=1S/C22H28FN3O4S/c1-5-24-22(28)17(3)25(14-18-11-7-8-12-19(18)23)21(27)15-26(31(4,29)30)20-13-9-6-10-16(20)2/h6-13,17H,5,14-15H2,1-4H3,(H,24,28). The second-order valence-electron chi connectivity index (χ2n) is 7.24. The van der Waals surface area contributed by atoms with E-state index in [4.69, 9.17) is 0 Å². The van der Waals surface area contributed by atoms with Crippen molar-refractivity contribution in [2.45, 2.75) is 33.4 Å². The molecule has 2 aromatic rings. The predicted molar refractivity (Wildman–Crippen MR) is 118 cm³/mol. The first-order chi connectivity index (χ1) is 14.6. The minimum Gasteiger partial charge on any atom is -0.355 e. The van der Waals surface area contributed by atoms with E-state index in [1.165, 1.54) is 30.0 Å². The van der Waals surface area contributed by atoms with Crippen LogP contribution in [0.1, 0.15) is 25.0 Å². The molecule has 31 heavy (non-hydrogen) atoms. The highest BCUT2D eigenvalue weighted by Gasteiger charge is 2.30. The van der Waals surface area contributed by atoms with Crippen molar-refractivity contribution >= 4 is 27.5 Å². The van der Waals surface area contributed by atoms with Crippen molar-refractivity contribution in [1.29, 1.82) is 0 Å². The highest BCUT2D eigenvalue weighted by Crippen LogP contribution is 2.23. The van der Waals surface area contributed by atoms with Crippen LogP contribution in [-0.2, 0) is 26.2 Å². The summed E-state index contributed by atoms with van der Waals surface area (Å²) in [7, 11) is -3.80. The van der Waals surface area contributed by atoms with Gasteiger partial charge in [-0.2, -0.15) is 0 Å². The molecule has 0 aliphatic rings. The first-order valence-electron chi connectivity index (χ1n) is 9.90. The number of hydrogen-bond donors (Lipinski definition) is 1. The molecule has 0 bridgehead atoms. The number of sulfonamides is 1. The summed E-state index contributed by atoms with van der Waals surface area (Å²) in [6.07, 6.45) is 1.02. The lowest BCUT2D eigenvalue weighted by Crippen LogP contribution is -2.51. The molecule has 0 heterocycles. The summed E-state index contributed by atoms with van der Waals surface area (Å²) < 4.78 is 40.2. The van der Waals surface area contributed by atoms with Gasteiger partial charge < -0.3 is 10.2 Å². The lowest BCUT2D eigenvalue weighted by atomic mass is 10.1. The van der Waals surface area contributed by atoms with Crippen LogP contribution in [0.3, 0.4) is 0 Å². The third-order valence-corrected chi connectivity index (χ3v) is 6.01. The van der Waals surface area contributed by atoms with Crippen molar-refractivity contribution in [3.05, 3.63) is 65.5 Å². The number of nitrogens with zero attached hydrogens (tertiary/aromatic N) is 2. The van der Waals surface area contributed by atoms with Gasteiger partial charge in [-0.05, 0) is 38.5 Å². The van der Waals surface area contributed by atoms with Gasteiger partial charge in [-0.1, -0.05) is 36.4 Å². The van der Waals surface area contributed by atoms with Crippen molar-refractivity contribution < 1.29 is 22.4 Å². The molecule has 2 aromatic carbocycles. The fourth-order valence-electron chi connectivity index (χ4n) is 3.15. The number of aryl methyl sites for hydroxylation is 1. The van der Waals surface area contributed by atoms with Gasteiger partial charge in [-0.3, -0.25) is 13.9 Å². The van der Waals surface area contributed by atoms with Crippen molar-refractivity contribution in [2.75, 3.05) is 23.7 Å². The number of hydrogen-bond acceptors (Lipinski definition) is 4. The second kappa shape index (κ2) is 10.4. The quantitative estimate of drug-likeness (QED) is 0.637. The van der Waals surface area contributed by atoms with Crippen LogP contribution >= 0.6 is 0 Å². The van der Waals surface area contributed by atoms with Gasteiger partial charge in [0.05, 0.1) is 11.9 Å². The van der Waals surface area contributed by atoms with Gasteiger partial charge in [0.2, 0.25) is 21.8 Å². The lowest BCUT2D eigenvalue weighted by molar-refractivity contribution is -0.139.